The van der Waals surface area contributed by atoms with Crippen LogP contribution in [0.15, 0.2) is 24.4 Å². The lowest BCUT2D eigenvalue weighted by molar-refractivity contribution is -0.136. The predicted molar refractivity (Wildman–Crippen MR) is 89.0 cm³/mol. The molecule has 0 radical (unpaired) electrons. The average Bonchev–Trinajstić information content (AvgIpc) is 2.79. The minimum atomic E-state index is -0.971. The van der Waals surface area contributed by atoms with E-state index in [0.29, 0.717) is 5.69 Å². The predicted octanol–water partition coefficient (Wildman–Crippen LogP) is 2.35. The molecule has 2 aliphatic rings. The molecule has 3 rings (SSSR count). The molecule has 2 unspecified atom stereocenters. The number of aromatic nitrogens is 1. The first kappa shape index (κ1) is 16.9. The van der Waals surface area contributed by atoms with Crippen LogP contribution in [0.5, 0.6) is 0 Å². The van der Waals surface area contributed by atoms with Gasteiger partial charge in [0.2, 0.25) is 0 Å². The molecule has 0 bridgehead atoms. The van der Waals surface area contributed by atoms with Crippen molar-refractivity contribution in [2.75, 3.05) is 13.6 Å². The molecule has 1 aliphatic carbocycles. The molecule has 6 nitrogen and oxygen atoms in total. The zero-order valence-corrected chi connectivity index (χ0v) is 14.3. The Hall–Kier alpha value is -1.95. The molecule has 2 atom stereocenters. The van der Waals surface area contributed by atoms with Crippen LogP contribution in [0.1, 0.15) is 50.8 Å². The molecule has 0 spiro atoms. The summed E-state index contributed by atoms with van der Waals surface area (Å²) in [5.41, 5.74) is -0.339. The Morgan fingerprint density at radius 3 is 2.62 bits per heavy atom. The first-order valence-corrected chi connectivity index (χ1v) is 8.65. The highest BCUT2D eigenvalue weighted by molar-refractivity contribution is 6.06. The van der Waals surface area contributed by atoms with E-state index in [9.17, 15) is 14.7 Å². The van der Waals surface area contributed by atoms with Crippen molar-refractivity contribution in [3.8, 4) is 0 Å². The van der Waals surface area contributed by atoms with Gasteiger partial charge in [-0.2, -0.15) is 0 Å². The van der Waals surface area contributed by atoms with Gasteiger partial charge in [-0.15, -0.1) is 0 Å². The third-order valence-electron chi connectivity index (χ3n) is 5.68. The number of aliphatic hydroxyl groups excluding tert-OH is 1. The lowest BCUT2D eigenvalue weighted by Crippen LogP contribution is -2.52. The number of nitrogens with zero attached hydrogens (tertiary/aromatic N) is 3. The van der Waals surface area contributed by atoms with Gasteiger partial charge >= 0.3 is 6.03 Å². The number of hydrogen-bond donors (Lipinski definition) is 1. The Kier molecular flexibility index (Phi) is 4.58. The number of aliphatic hydroxyl groups is 1. The summed E-state index contributed by atoms with van der Waals surface area (Å²) in [7, 11) is 1.70. The lowest BCUT2D eigenvalue weighted by Gasteiger charge is -2.38. The first-order chi connectivity index (χ1) is 11.5. The summed E-state index contributed by atoms with van der Waals surface area (Å²) in [6.07, 6.45) is 5.96. The van der Waals surface area contributed by atoms with Crippen LogP contribution < -0.4 is 0 Å². The number of carbonyl (C=O) groups excluding carboxylic acids is 2. The van der Waals surface area contributed by atoms with Gasteiger partial charge in [0.25, 0.3) is 5.91 Å². The molecule has 1 saturated carbocycles. The Bertz CT molecular complexity index is 615. The summed E-state index contributed by atoms with van der Waals surface area (Å²) in [6.45, 7) is 1.82. The largest absolute Gasteiger partial charge is 0.385 e. The van der Waals surface area contributed by atoms with E-state index < -0.39 is 11.6 Å². The zero-order valence-electron chi connectivity index (χ0n) is 14.3. The number of hydrogen-bond acceptors (Lipinski definition) is 4. The molecule has 1 aromatic heterocycles. The fraction of sp³-hybridized carbons (Fsp3) is 0.611. The van der Waals surface area contributed by atoms with E-state index in [1.165, 1.54) is 11.3 Å². The van der Waals surface area contributed by atoms with Crippen LogP contribution in [0.25, 0.3) is 0 Å². The molecular weight excluding hydrogens is 306 g/mol. The fourth-order valence-electron chi connectivity index (χ4n) is 4.00. The van der Waals surface area contributed by atoms with Crippen molar-refractivity contribution in [2.24, 2.45) is 5.92 Å². The SMILES string of the molecule is CN1C(=O)N(CC(O)c2ccccn2)C(=O)C1(C)C1CCCCC1. The summed E-state index contributed by atoms with van der Waals surface area (Å²) < 4.78 is 0. The minimum absolute atomic E-state index is 0.0542. The van der Waals surface area contributed by atoms with Crippen molar-refractivity contribution in [1.82, 2.24) is 14.8 Å². The van der Waals surface area contributed by atoms with Crippen LogP contribution in [-0.2, 0) is 4.79 Å². The van der Waals surface area contributed by atoms with Crippen molar-refractivity contribution in [3.05, 3.63) is 30.1 Å². The van der Waals surface area contributed by atoms with Gasteiger partial charge in [-0.1, -0.05) is 25.3 Å². The molecule has 1 aliphatic heterocycles. The molecule has 6 heteroatoms. The molecule has 2 fully saturated rings. The molecule has 0 aromatic carbocycles. The second kappa shape index (κ2) is 6.51. The van der Waals surface area contributed by atoms with Gasteiger partial charge in [-0.25, -0.2) is 4.79 Å². The Morgan fingerprint density at radius 1 is 1.29 bits per heavy atom. The van der Waals surface area contributed by atoms with Crippen LogP contribution in [-0.4, -0.2) is 51.0 Å². The summed E-state index contributed by atoms with van der Waals surface area (Å²) in [4.78, 5) is 32.5. The highest BCUT2D eigenvalue weighted by atomic mass is 16.3. The van der Waals surface area contributed by atoms with Crippen molar-refractivity contribution < 1.29 is 14.7 Å². The topological polar surface area (TPSA) is 73.7 Å². The summed E-state index contributed by atoms with van der Waals surface area (Å²) in [6, 6.07) is 4.90. The molecular formula is C18H25N3O3. The van der Waals surface area contributed by atoms with E-state index in [1.54, 1.807) is 36.3 Å². The normalized spacial score (nSPS) is 27.0. The van der Waals surface area contributed by atoms with Crippen LogP contribution in [0.4, 0.5) is 4.79 Å². The van der Waals surface area contributed by atoms with Gasteiger partial charge in [-0.05, 0) is 37.8 Å². The maximum Gasteiger partial charge on any atom is 0.327 e. The Morgan fingerprint density at radius 2 is 2.00 bits per heavy atom. The molecule has 1 aromatic rings. The van der Waals surface area contributed by atoms with Crippen molar-refractivity contribution >= 4 is 11.9 Å². The van der Waals surface area contributed by atoms with E-state index in [2.05, 4.69) is 4.98 Å². The van der Waals surface area contributed by atoms with Gasteiger partial charge < -0.3 is 10.0 Å². The maximum absolute atomic E-state index is 13.0. The maximum atomic E-state index is 13.0. The van der Waals surface area contributed by atoms with E-state index in [4.69, 9.17) is 0 Å². The molecule has 1 saturated heterocycles. The highest BCUT2D eigenvalue weighted by Gasteiger charge is 2.56. The van der Waals surface area contributed by atoms with Gasteiger partial charge in [-0.3, -0.25) is 14.7 Å². The molecule has 24 heavy (non-hydrogen) atoms. The lowest BCUT2D eigenvalue weighted by atomic mass is 9.75. The van der Waals surface area contributed by atoms with E-state index in [1.807, 2.05) is 6.92 Å². The Labute approximate surface area is 142 Å². The first-order valence-electron chi connectivity index (χ1n) is 8.65. The zero-order chi connectivity index (χ0) is 17.3. The van der Waals surface area contributed by atoms with Gasteiger partial charge in [0.15, 0.2) is 0 Å². The number of imide groups is 1. The standard InChI is InChI=1S/C18H25N3O3/c1-18(13-8-4-3-5-9-13)16(23)21(17(24)20(18)2)12-15(22)14-10-6-7-11-19-14/h6-7,10-11,13,15,22H,3-5,8-9,12H2,1-2H3. The van der Waals surface area contributed by atoms with E-state index >= 15 is 0 Å². The van der Waals surface area contributed by atoms with Crippen molar-refractivity contribution in [1.29, 1.82) is 0 Å². The van der Waals surface area contributed by atoms with Gasteiger partial charge in [0, 0.05) is 13.2 Å². The van der Waals surface area contributed by atoms with Crippen LogP contribution in [0, 0.1) is 5.92 Å². The minimum Gasteiger partial charge on any atom is -0.385 e. The van der Waals surface area contributed by atoms with Crippen LogP contribution in [0.3, 0.4) is 0 Å². The van der Waals surface area contributed by atoms with Crippen LogP contribution >= 0.6 is 0 Å². The number of β-amino-alcohol motifs (C(OH)–C–C–N with tert-alkyl or cyclic N) is 1. The number of urea groups is 1. The smallest absolute Gasteiger partial charge is 0.327 e. The number of carbonyl (C=O) groups is 2. The number of rotatable bonds is 4. The second-order valence-corrected chi connectivity index (χ2v) is 7.01. The monoisotopic (exact) mass is 331 g/mol. The van der Waals surface area contributed by atoms with Crippen LogP contribution in [0.2, 0.25) is 0 Å². The Balaban J connectivity index is 1.80. The van der Waals surface area contributed by atoms with Crippen molar-refractivity contribution in [3.63, 3.8) is 0 Å². The van der Waals surface area contributed by atoms with Gasteiger partial charge in [0.05, 0.1) is 12.2 Å². The number of pyridine rings is 1. The summed E-state index contributed by atoms with van der Waals surface area (Å²) in [5, 5.41) is 10.4. The van der Waals surface area contributed by atoms with Crippen molar-refractivity contribution in [2.45, 2.75) is 50.7 Å². The molecule has 3 amide bonds. The number of likely N-dealkylation sites (N-methyl/N-ethyl adjacent to an activating group) is 1. The van der Waals surface area contributed by atoms with E-state index in [0.717, 1.165) is 25.7 Å². The molecule has 1 N–H and O–H groups in total. The summed E-state index contributed by atoms with van der Waals surface area (Å²) in [5.74, 6) is -0.0124. The fourth-order valence-corrected chi connectivity index (χ4v) is 4.00. The third kappa shape index (κ3) is 2.69. The molecule has 2 heterocycles. The number of amides is 3. The average molecular weight is 331 g/mol. The van der Waals surface area contributed by atoms with Gasteiger partial charge in [0.1, 0.15) is 11.6 Å². The van der Waals surface area contributed by atoms with E-state index in [-0.39, 0.29) is 24.4 Å². The molecule has 130 valence electrons. The summed E-state index contributed by atoms with van der Waals surface area (Å²) >= 11 is 0. The second-order valence-electron chi connectivity index (χ2n) is 7.01. The highest BCUT2D eigenvalue weighted by Crippen LogP contribution is 2.41. The quantitative estimate of drug-likeness (QED) is 0.860. The third-order valence-corrected chi connectivity index (χ3v) is 5.68.